The molecular weight excluding hydrogens is 466 g/mol. The quantitative estimate of drug-likeness (QED) is 0.517. The maximum atomic E-state index is 12.5. The molecule has 0 atom stereocenters. The Morgan fingerprint density at radius 3 is 1.88 bits per heavy atom. The van der Waals surface area contributed by atoms with Gasteiger partial charge in [-0.1, -0.05) is 42.5 Å². The Morgan fingerprint density at radius 1 is 0.906 bits per heavy atom. The zero-order valence-electron chi connectivity index (χ0n) is 16.0. The van der Waals surface area contributed by atoms with Gasteiger partial charge in [0.15, 0.2) is 0 Å². The Hall–Kier alpha value is -2.96. The molecule has 0 N–H and O–H groups in total. The first-order chi connectivity index (χ1) is 14.9. The number of ether oxygens (including phenoxy) is 1. The van der Waals surface area contributed by atoms with Gasteiger partial charge in [0.1, 0.15) is 0 Å². The minimum Gasteiger partial charge on any atom is -0.426 e. The van der Waals surface area contributed by atoms with Crippen LogP contribution in [0.15, 0.2) is 54.6 Å². The van der Waals surface area contributed by atoms with E-state index >= 15 is 0 Å². The Labute approximate surface area is 180 Å². The summed E-state index contributed by atoms with van der Waals surface area (Å²) in [5.74, 6) is 0. The molecule has 0 spiro atoms. The number of nitrogens with zero attached hydrogens (tertiary/aromatic N) is 2. The van der Waals surface area contributed by atoms with Crippen molar-refractivity contribution in [1.82, 2.24) is 4.90 Å². The second-order valence-electron chi connectivity index (χ2n) is 6.90. The highest BCUT2D eigenvalue weighted by atomic mass is 32.2. The van der Waals surface area contributed by atoms with E-state index in [-0.39, 0.29) is 5.69 Å². The highest BCUT2D eigenvalue weighted by molar-refractivity contribution is 7.74. The fourth-order valence-corrected chi connectivity index (χ4v) is 3.86. The van der Waals surface area contributed by atoms with E-state index in [4.69, 9.17) is 0 Å². The first-order valence-electron chi connectivity index (χ1n) is 9.06. The van der Waals surface area contributed by atoms with E-state index in [2.05, 4.69) is 4.74 Å². The van der Waals surface area contributed by atoms with E-state index in [1.54, 1.807) is 12.1 Å². The van der Waals surface area contributed by atoms with E-state index in [1.807, 2.05) is 30.3 Å². The third-order valence-corrected chi connectivity index (χ3v) is 5.60. The van der Waals surface area contributed by atoms with Crippen LogP contribution in [0.2, 0.25) is 0 Å². The van der Waals surface area contributed by atoms with Gasteiger partial charge in [0.05, 0.1) is 11.7 Å². The molecule has 2 aromatic carbocycles. The smallest absolute Gasteiger partial charge is 0.426 e. The number of hydrogen-bond donors (Lipinski definition) is 1. The minimum absolute atomic E-state index is 0.238. The molecule has 32 heavy (non-hydrogen) atoms. The molecule has 0 saturated carbocycles. The van der Waals surface area contributed by atoms with Crippen molar-refractivity contribution in [3.05, 3.63) is 54.6 Å². The van der Waals surface area contributed by atoms with Crippen LogP contribution in [-0.4, -0.2) is 57.0 Å². The topological polar surface area (TPSA) is 66.9 Å². The number of alkyl halides is 6. The zero-order valence-corrected chi connectivity index (χ0v) is 16.9. The molecule has 0 bridgehead atoms. The number of carbonyl (C=O) groups is 1. The molecule has 1 amide bonds. The number of likely N-dealkylation sites (tertiary alicyclic amines) is 1. The van der Waals surface area contributed by atoms with Crippen LogP contribution in [0.1, 0.15) is 0 Å². The van der Waals surface area contributed by atoms with Crippen molar-refractivity contribution in [3.63, 3.8) is 0 Å². The van der Waals surface area contributed by atoms with Gasteiger partial charge in [0, 0.05) is 13.1 Å². The van der Waals surface area contributed by atoms with Crippen LogP contribution in [-0.2, 0) is 15.6 Å². The van der Waals surface area contributed by atoms with E-state index in [1.165, 1.54) is 12.1 Å². The molecule has 1 saturated heterocycles. The first-order valence-corrected chi connectivity index (χ1v) is 10.2. The van der Waals surface area contributed by atoms with Gasteiger partial charge in [-0.2, -0.15) is 26.3 Å². The van der Waals surface area contributed by atoms with Gasteiger partial charge in [0.25, 0.3) is 6.10 Å². The van der Waals surface area contributed by atoms with Crippen molar-refractivity contribution < 1.29 is 44.3 Å². The molecular formula is C19H16F6N2O4S. The minimum atomic E-state index is -5.83. The van der Waals surface area contributed by atoms with Gasteiger partial charge in [0.2, 0.25) is 10.9 Å². The third-order valence-electron chi connectivity index (χ3n) is 4.69. The van der Waals surface area contributed by atoms with E-state index in [0.717, 1.165) is 15.4 Å². The summed E-state index contributed by atoms with van der Waals surface area (Å²) in [7, 11) is -3.20. The van der Waals surface area contributed by atoms with Gasteiger partial charge in [-0.15, -0.1) is 0 Å². The molecule has 0 aromatic heterocycles. The second-order valence-corrected chi connectivity index (χ2v) is 7.81. The van der Waals surface area contributed by atoms with E-state index in [9.17, 15) is 39.6 Å². The molecule has 1 heterocycles. The number of anilines is 1. The number of thiol groups is 1. The van der Waals surface area contributed by atoms with Crippen LogP contribution in [0.3, 0.4) is 0 Å². The molecule has 6 nitrogen and oxygen atoms in total. The molecule has 1 fully saturated rings. The molecule has 3 rings (SSSR count). The molecule has 0 unspecified atom stereocenters. The predicted octanol–water partition coefficient (Wildman–Crippen LogP) is 4.00. The van der Waals surface area contributed by atoms with Crippen LogP contribution in [0, 0.1) is 0 Å². The number of halogens is 6. The zero-order chi connectivity index (χ0) is 23.7. The van der Waals surface area contributed by atoms with Gasteiger partial charge < -0.3 is 9.64 Å². The highest BCUT2D eigenvalue weighted by Gasteiger charge is 2.60. The van der Waals surface area contributed by atoms with E-state index in [0.29, 0.717) is 4.90 Å². The number of hydrogen-bond acceptors (Lipinski definition) is 4. The number of amides is 1. The first kappa shape index (κ1) is 23.7. The third kappa shape index (κ3) is 5.26. The lowest BCUT2D eigenvalue weighted by molar-refractivity contribution is -0.308. The van der Waals surface area contributed by atoms with Crippen molar-refractivity contribution in [1.29, 1.82) is 0 Å². The van der Waals surface area contributed by atoms with Crippen molar-refractivity contribution in [3.8, 4) is 11.1 Å². The summed E-state index contributed by atoms with van der Waals surface area (Å²) >= 11 is 0. The Kier molecular flexibility index (Phi) is 6.58. The SMILES string of the molecule is O=C(OC(C(F)(F)F)C(F)(F)F)N1CC(N(c2ccc(-c3ccccc3)cc2)[SH](=O)=O)C1. The normalized spacial score (nSPS) is 15.1. The molecule has 13 heteroatoms. The average Bonchev–Trinajstić information content (AvgIpc) is 2.67. The van der Waals surface area contributed by atoms with Gasteiger partial charge in [-0.25, -0.2) is 13.2 Å². The van der Waals surface area contributed by atoms with Crippen LogP contribution in [0.5, 0.6) is 0 Å². The van der Waals surface area contributed by atoms with Crippen LogP contribution in [0.25, 0.3) is 11.1 Å². The summed E-state index contributed by atoms with van der Waals surface area (Å²) in [6, 6.07) is 14.7. The summed E-state index contributed by atoms with van der Waals surface area (Å²) in [5, 5.41) is 0. The van der Waals surface area contributed by atoms with Gasteiger partial charge >= 0.3 is 18.4 Å². The second kappa shape index (κ2) is 8.88. The van der Waals surface area contributed by atoms with Gasteiger partial charge in [-0.05, 0) is 23.3 Å². The summed E-state index contributed by atoms with van der Waals surface area (Å²) in [4.78, 5) is 12.3. The van der Waals surface area contributed by atoms with Crippen molar-refractivity contribution in [2.24, 2.45) is 0 Å². The maximum Gasteiger partial charge on any atom is 0.434 e. The molecule has 0 aliphatic carbocycles. The van der Waals surface area contributed by atoms with Gasteiger partial charge in [-0.3, -0.25) is 4.31 Å². The standard InChI is InChI=1S/C19H16F6N2O4S/c20-18(21,22)16(19(23,24)25)31-17(28)26-10-15(11-26)27(32(29)30)14-8-6-13(7-9-14)12-4-2-1-3-5-12/h1-9,15-16,32H,10-11H2. The number of carbonyl (C=O) groups excluding carboxylic acids is 1. The van der Waals surface area contributed by atoms with Crippen LogP contribution >= 0.6 is 0 Å². The fourth-order valence-electron chi connectivity index (χ4n) is 3.13. The fraction of sp³-hybridized carbons (Fsp3) is 0.316. The Balaban J connectivity index is 1.67. The van der Waals surface area contributed by atoms with Crippen LogP contribution < -0.4 is 4.31 Å². The lowest BCUT2D eigenvalue weighted by Crippen LogP contribution is -2.62. The Morgan fingerprint density at radius 2 is 1.41 bits per heavy atom. The summed E-state index contributed by atoms with van der Waals surface area (Å²) in [5.41, 5.74) is 1.93. The van der Waals surface area contributed by atoms with Crippen LogP contribution in [0.4, 0.5) is 36.8 Å². The van der Waals surface area contributed by atoms with Crippen molar-refractivity contribution >= 4 is 22.7 Å². The molecule has 174 valence electrons. The number of benzene rings is 2. The molecule has 2 aromatic rings. The highest BCUT2D eigenvalue weighted by Crippen LogP contribution is 2.36. The summed E-state index contributed by atoms with van der Waals surface area (Å²) in [6.45, 7) is -0.851. The molecule has 1 aliphatic rings. The lowest BCUT2D eigenvalue weighted by atomic mass is 10.0. The predicted molar refractivity (Wildman–Crippen MR) is 102 cm³/mol. The molecule has 0 radical (unpaired) electrons. The Bertz CT molecular complexity index is 997. The summed E-state index contributed by atoms with van der Waals surface area (Å²) in [6.07, 6.45) is -17.8. The molecule has 1 aliphatic heterocycles. The largest absolute Gasteiger partial charge is 0.434 e. The summed E-state index contributed by atoms with van der Waals surface area (Å²) < 4.78 is 103. The maximum absolute atomic E-state index is 12.5. The monoisotopic (exact) mass is 482 g/mol. The average molecular weight is 482 g/mol. The van der Waals surface area contributed by atoms with E-state index < -0.39 is 54.6 Å². The lowest BCUT2D eigenvalue weighted by Gasteiger charge is -2.43. The van der Waals surface area contributed by atoms with Crippen molar-refractivity contribution in [2.45, 2.75) is 24.5 Å². The number of rotatable bonds is 5. The van der Waals surface area contributed by atoms with Crippen molar-refractivity contribution in [2.75, 3.05) is 17.4 Å².